The van der Waals surface area contributed by atoms with Crippen LogP contribution in [0.2, 0.25) is 0 Å². The molecule has 1 fully saturated rings. The van der Waals surface area contributed by atoms with Gasteiger partial charge in [-0.2, -0.15) is 18.2 Å². The number of aliphatic hydroxyl groups excluding tert-OH is 1. The van der Waals surface area contributed by atoms with Crippen molar-refractivity contribution in [3.8, 4) is 5.75 Å². The minimum absolute atomic E-state index is 0.126. The lowest BCUT2D eigenvalue weighted by Gasteiger charge is -2.47. The maximum absolute atomic E-state index is 13.4. The summed E-state index contributed by atoms with van der Waals surface area (Å²) >= 11 is 0. The number of rotatable bonds is 6. The van der Waals surface area contributed by atoms with Gasteiger partial charge in [0.15, 0.2) is 5.75 Å². The van der Waals surface area contributed by atoms with E-state index in [2.05, 4.69) is 31.3 Å². The van der Waals surface area contributed by atoms with E-state index in [4.69, 9.17) is 4.84 Å². The highest BCUT2D eigenvalue weighted by atomic mass is 19.4. The molecule has 0 amide bonds. The fourth-order valence-corrected chi connectivity index (χ4v) is 5.44. The fraction of sp³-hybridized carbons (Fsp3) is 0.500. The van der Waals surface area contributed by atoms with Crippen molar-refractivity contribution in [3.05, 3.63) is 77.1 Å². The minimum Gasteiger partial charge on any atom is -0.391 e. The largest absolute Gasteiger partial charge is 0.416 e. The molecule has 2 aromatic carbocycles. The Morgan fingerprint density at radius 2 is 1.74 bits per heavy atom. The van der Waals surface area contributed by atoms with Crippen molar-refractivity contribution >= 4 is 0 Å². The number of nitrogens with zero attached hydrogens (tertiary/aromatic N) is 1. The van der Waals surface area contributed by atoms with Crippen LogP contribution >= 0.6 is 0 Å². The van der Waals surface area contributed by atoms with Crippen LogP contribution in [0, 0.1) is 5.92 Å². The standard InChI is InChI=1S/C28H35F3N2O2/c1-4-23-26(20-11-6-5-7-12-20)18(2)19(3)33(27(23)32-24-15-8-9-16-25(24)34)35-22-14-10-13-21(17-22)28(29,30)31/h5-7,10-14,17-19,24-26,32,34H,4,8-9,15-16H2,1-3H3/t18?,19?,24-,25-,26?/m1/s1. The van der Waals surface area contributed by atoms with Crippen LogP contribution in [0.1, 0.15) is 69.9 Å². The average molecular weight is 489 g/mol. The van der Waals surface area contributed by atoms with E-state index in [-0.39, 0.29) is 29.7 Å². The number of alkyl halides is 3. The van der Waals surface area contributed by atoms with E-state index < -0.39 is 17.8 Å². The summed E-state index contributed by atoms with van der Waals surface area (Å²) in [7, 11) is 0. The molecule has 0 bridgehead atoms. The average Bonchev–Trinajstić information content (AvgIpc) is 2.85. The van der Waals surface area contributed by atoms with Crippen LogP contribution in [0.15, 0.2) is 66.0 Å². The molecule has 2 aromatic rings. The zero-order chi connectivity index (χ0) is 25.2. The summed E-state index contributed by atoms with van der Waals surface area (Å²) in [5.41, 5.74) is 1.59. The maximum atomic E-state index is 13.4. The summed E-state index contributed by atoms with van der Waals surface area (Å²) < 4.78 is 40.1. The lowest BCUT2D eigenvalue weighted by molar-refractivity contribution is -0.138. The molecular formula is C28H35F3N2O2. The Hall–Kier alpha value is -2.67. The summed E-state index contributed by atoms with van der Waals surface area (Å²) in [6.45, 7) is 6.29. The number of hydroxylamine groups is 2. The Labute approximate surface area is 205 Å². The summed E-state index contributed by atoms with van der Waals surface area (Å²) in [5.74, 6) is 1.16. The van der Waals surface area contributed by atoms with Crippen molar-refractivity contribution < 1.29 is 23.1 Å². The van der Waals surface area contributed by atoms with Crippen molar-refractivity contribution in [2.75, 3.05) is 0 Å². The molecular weight excluding hydrogens is 453 g/mol. The summed E-state index contributed by atoms with van der Waals surface area (Å²) in [4.78, 5) is 6.21. The van der Waals surface area contributed by atoms with Crippen LogP contribution in [0.4, 0.5) is 13.2 Å². The van der Waals surface area contributed by atoms with Crippen LogP contribution < -0.4 is 10.2 Å². The Morgan fingerprint density at radius 1 is 1.03 bits per heavy atom. The molecule has 35 heavy (non-hydrogen) atoms. The van der Waals surface area contributed by atoms with Gasteiger partial charge < -0.3 is 15.3 Å². The lowest BCUT2D eigenvalue weighted by Crippen LogP contribution is -2.54. The van der Waals surface area contributed by atoms with E-state index in [1.54, 1.807) is 11.1 Å². The van der Waals surface area contributed by atoms with E-state index in [1.807, 2.05) is 25.1 Å². The Kier molecular flexibility index (Phi) is 7.64. The molecule has 0 spiro atoms. The van der Waals surface area contributed by atoms with Gasteiger partial charge in [-0.05, 0) is 61.4 Å². The number of nitrogens with one attached hydrogen (secondary N) is 1. The summed E-state index contributed by atoms with van der Waals surface area (Å²) in [6.07, 6.45) is -0.612. The lowest BCUT2D eigenvalue weighted by atomic mass is 9.74. The van der Waals surface area contributed by atoms with E-state index in [1.165, 1.54) is 11.6 Å². The molecule has 0 saturated heterocycles. The quantitative estimate of drug-likeness (QED) is 0.479. The molecule has 2 N–H and O–H groups in total. The SMILES string of the molecule is CCC1=C(N[C@@H]2CCCC[C@H]2O)N(Oc2cccc(C(F)(F)F)c2)C(C)C(C)C1c1ccccc1. The molecule has 4 nitrogen and oxygen atoms in total. The number of benzene rings is 2. The van der Waals surface area contributed by atoms with Crippen molar-refractivity contribution in [1.82, 2.24) is 10.4 Å². The number of hydrogen-bond donors (Lipinski definition) is 2. The van der Waals surface area contributed by atoms with Gasteiger partial charge in [-0.25, -0.2) is 0 Å². The first kappa shape index (κ1) is 25.4. The first-order chi connectivity index (χ1) is 16.7. The molecule has 2 aliphatic rings. The van der Waals surface area contributed by atoms with Gasteiger partial charge in [0.2, 0.25) is 0 Å². The smallest absolute Gasteiger partial charge is 0.391 e. The molecule has 7 heteroatoms. The van der Waals surface area contributed by atoms with Crippen LogP contribution in [-0.4, -0.2) is 28.4 Å². The Bertz CT molecular complexity index is 1020. The van der Waals surface area contributed by atoms with Gasteiger partial charge in [-0.15, -0.1) is 0 Å². The predicted molar refractivity (Wildman–Crippen MR) is 130 cm³/mol. The van der Waals surface area contributed by atoms with Crippen LogP contribution in [0.5, 0.6) is 5.75 Å². The first-order valence-electron chi connectivity index (χ1n) is 12.6. The van der Waals surface area contributed by atoms with Gasteiger partial charge in [0.1, 0.15) is 5.82 Å². The highest BCUT2D eigenvalue weighted by Crippen LogP contribution is 2.44. The predicted octanol–water partition coefficient (Wildman–Crippen LogP) is 6.64. The number of halogens is 3. The summed E-state index contributed by atoms with van der Waals surface area (Å²) in [6, 6.07) is 15.0. The van der Waals surface area contributed by atoms with Gasteiger partial charge in [0.25, 0.3) is 0 Å². The second-order valence-electron chi connectivity index (χ2n) is 9.76. The second kappa shape index (κ2) is 10.5. The van der Waals surface area contributed by atoms with E-state index in [9.17, 15) is 18.3 Å². The molecule has 3 unspecified atom stereocenters. The highest BCUT2D eigenvalue weighted by Gasteiger charge is 2.41. The fourth-order valence-electron chi connectivity index (χ4n) is 5.44. The third kappa shape index (κ3) is 5.45. The van der Waals surface area contributed by atoms with Gasteiger partial charge in [0, 0.05) is 5.92 Å². The van der Waals surface area contributed by atoms with E-state index in [0.29, 0.717) is 0 Å². The van der Waals surface area contributed by atoms with Crippen molar-refractivity contribution in [1.29, 1.82) is 0 Å². The molecule has 5 atom stereocenters. The number of hydrogen-bond acceptors (Lipinski definition) is 4. The van der Waals surface area contributed by atoms with E-state index >= 15 is 0 Å². The van der Waals surface area contributed by atoms with Crippen LogP contribution in [0.25, 0.3) is 0 Å². The number of allylic oxidation sites excluding steroid dienone is 1. The Morgan fingerprint density at radius 3 is 2.40 bits per heavy atom. The monoisotopic (exact) mass is 488 g/mol. The van der Waals surface area contributed by atoms with Crippen LogP contribution in [0.3, 0.4) is 0 Å². The van der Waals surface area contributed by atoms with Gasteiger partial charge >= 0.3 is 6.18 Å². The third-order valence-electron chi connectivity index (χ3n) is 7.51. The molecule has 1 aliphatic carbocycles. The topological polar surface area (TPSA) is 44.7 Å². The molecule has 1 saturated carbocycles. The van der Waals surface area contributed by atoms with Crippen molar-refractivity contribution in [3.63, 3.8) is 0 Å². The molecule has 190 valence electrons. The van der Waals surface area contributed by atoms with E-state index in [0.717, 1.165) is 55.6 Å². The molecule has 0 radical (unpaired) electrons. The summed E-state index contributed by atoms with van der Waals surface area (Å²) in [5, 5.41) is 16.0. The minimum atomic E-state index is -4.45. The van der Waals surface area contributed by atoms with Crippen LogP contribution in [-0.2, 0) is 6.18 Å². The second-order valence-corrected chi connectivity index (χ2v) is 9.76. The van der Waals surface area contributed by atoms with Crippen molar-refractivity contribution in [2.45, 2.75) is 83.2 Å². The molecule has 0 aromatic heterocycles. The molecule has 4 rings (SSSR count). The maximum Gasteiger partial charge on any atom is 0.416 e. The third-order valence-corrected chi connectivity index (χ3v) is 7.51. The highest BCUT2D eigenvalue weighted by molar-refractivity contribution is 5.36. The van der Waals surface area contributed by atoms with Gasteiger partial charge in [-0.3, -0.25) is 0 Å². The number of aliphatic hydroxyl groups is 1. The van der Waals surface area contributed by atoms with Gasteiger partial charge in [-0.1, -0.05) is 63.1 Å². The molecule has 1 aliphatic heterocycles. The zero-order valence-electron chi connectivity index (χ0n) is 20.6. The zero-order valence-corrected chi connectivity index (χ0v) is 20.6. The first-order valence-corrected chi connectivity index (χ1v) is 12.6. The van der Waals surface area contributed by atoms with Crippen molar-refractivity contribution in [2.24, 2.45) is 5.92 Å². The Balaban J connectivity index is 1.77. The molecule has 1 heterocycles. The van der Waals surface area contributed by atoms with Gasteiger partial charge in [0.05, 0.1) is 23.8 Å². The normalized spacial score (nSPS) is 27.6.